The number of guanidine groups is 1. The molecule has 1 aromatic heterocycles. The lowest BCUT2D eigenvalue weighted by molar-refractivity contribution is -0.0161. The van der Waals surface area contributed by atoms with E-state index in [1.807, 2.05) is 24.4 Å². The van der Waals surface area contributed by atoms with E-state index in [0.29, 0.717) is 19.0 Å². The number of nitrogens with one attached hydrogen (secondary N) is 2. The molecule has 0 aliphatic carbocycles. The molecule has 0 spiro atoms. The summed E-state index contributed by atoms with van der Waals surface area (Å²) in [5.41, 5.74) is -0.946. The Morgan fingerprint density at radius 3 is 3.04 bits per heavy atom. The topological polar surface area (TPSA) is 69.1 Å². The predicted octanol–water partition coefficient (Wildman–Crippen LogP) is 0.841. The zero-order valence-corrected chi connectivity index (χ0v) is 15.0. The molecular weight excluding hydrogens is 312 g/mol. The minimum Gasteiger partial charge on any atom is -0.383 e. The van der Waals surface area contributed by atoms with Crippen LogP contribution in [-0.4, -0.2) is 68.4 Å². The van der Waals surface area contributed by atoms with Crippen LogP contribution in [0.15, 0.2) is 22.5 Å². The fraction of sp³-hybridized carbons (Fsp3) is 0.688. The van der Waals surface area contributed by atoms with Crippen LogP contribution in [0.4, 0.5) is 0 Å². The van der Waals surface area contributed by atoms with Crippen LogP contribution in [0.25, 0.3) is 0 Å². The Bertz CT molecular complexity index is 490. The predicted molar refractivity (Wildman–Crippen MR) is 95.1 cm³/mol. The molecular formula is C16H28N4O2S. The zero-order valence-electron chi connectivity index (χ0n) is 14.2. The van der Waals surface area contributed by atoms with Gasteiger partial charge in [0.2, 0.25) is 0 Å². The van der Waals surface area contributed by atoms with E-state index in [-0.39, 0.29) is 6.10 Å². The van der Waals surface area contributed by atoms with Gasteiger partial charge in [0.15, 0.2) is 5.96 Å². The molecule has 130 valence electrons. The molecule has 1 saturated heterocycles. The molecule has 0 saturated carbocycles. The number of hydrogen-bond acceptors (Lipinski definition) is 5. The third-order valence-electron chi connectivity index (χ3n) is 3.78. The van der Waals surface area contributed by atoms with Crippen LogP contribution >= 0.6 is 11.3 Å². The Balaban J connectivity index is 1.89. The maximum atomic E-state index is 10.6. The smallest absolute Gasteiger partial charge is 0.191 e. The second kappa shape index (κ2) is 8.63. The number of rotatable bonds is 6. The van der Waals surface area contributed by atoms with Gasteiger partial charge in [-0.2, -0.15) is 0 Å². The lowest BCUT2D eigenvalue weighted by Gasteiger charge is -2.30. The van der Waals surface area contributed by atoms with E-state index >= 15 is 0 Å². The van der Waals surface area contributed by atoms with Crippen LogP contribution in [0, 0.1) is 0 Å². The minimum absolute atomic E-state index is 0.162. The van der Waals surface area contributed by atoms with Crippen molar-refractivity contribution in [3.8, 4) is 0 Å². The Morgan fingerprint density at radius 2 is 2.39 bits per heavy atom. The highest BCUT2D eigenvalue weighted by Crippen LogP contribution is 2.25. The van der Waals surface area contributed by atoms with Gasteiger partial charge in [-0.15, -0.1) is 11.3 Å². The summed E-state index contributed by atoms with van der Waals surface area (Å²) in [5.74, 6) is 0.709. The van der Waals surface area contributed by atoms with Gasteiger partial charge in [0, 0.05) is 31.1 Å². The highest BCUT2D eigenvalue weighted by Gasteiger charge is 2.24. The molecule has 3 N–H and O–H groups in total. The van der Waals surface area contributed by atoms with Crippen molar-refractivity contribution in [2.45, 2.75) is 25.6 Å². The van der Waals surface area contributed by atoms with Crippen molar-refractivity contribution < 1.29 is 9.84 Å². The number of morpholine rings is 1. The lowest BCUT2D eigenvalue weighted by atomic mass is 10.1. The zero-order chi connectivity index (χ0) is 16.7. The van der Waals surface area contributed by atoms with Crippen molar-refractivity contribution in [2.24, 2.45) is 4.99 Å². The van der Waals surface area contributed by atoms with Gasteiger partial charge in [0.05, 0.1) is 19.3 Å². The quantitative estimate of drug-likeness (QED) is 0.529. The van der Waals surface area contributed by atoms with Crippen LogP contribution < -0.4 is 10.6 Å². The summed E-state index contributed by atoms with van der Waals surface area (Å²) >= 11 is 1.55. The summed E-state index contributed by atoms with van der Waals surface area (Å²) in [6.45, 7) is 8.28. The largest absolute Gasteiger partial charge is 0.383 e. The number of nitrogens with zero attached hydrogens (tertiary/aromatic N) is 2. The summed E-state index contributed by atoms with van der Waals surface area (Å²) < 4.78 is 5.75. The fourth-order valence-corrected chi connectivity index (χ4v) is 3.22. The van der Waals surface area contributed by atoms with E-state index in [2.05, 4.69) is 27.6 Å². The van der Waals surface area contributed by atoms with Crippen molar-refractivity contribution in [2.75, 3.05) is 46.4 Å². The first kappa shape index (κ1) is 18.2. The third kappa shape index (κ3) is 5.76. The number of thiophene rings is 1. The van der Waals surface area contributed by atoms with Gasteiger partial charge < -0.3 is 25.4 Å². The molecule has 2 rings (SSSR count). The van der Waals surface area contributed by atoms with Crippen molar-refractivity contribution in [3.05, 3.63) is 22.4 Å². The number of aliphatic imine (C=N–C) groups is 1. The number of likely N-dealkylation sites (N-methyl/N-ethyl adjacent to an activating group) is 1. The molecule has 1 fully saturated rings. The van der Waals surface area contributed by atoms with Crippen LogP contribution in [0.3, 0.4) is 0 Å². The van der Waals surface area contributed by atoms with Gasteiger partial charge in [-0.3, -0.25) is 0 Å². The summed E-state index contributed by atoms with van der Waals surface area (Å²) in [4.78, 5) is 7.72. The van der Waals surface area contributed by atoms with Gasteiger partial charge in [0.1, 0.15) is 5.60 Å². The van der Waals surface area contributed by atoms with Crippen LogP contribution in [0.5, 0.6) is 0 Å². The molecule has 0 amide bonds. The Morgan fingerprint density at radius 1 is 1.57 bits per heavy atom. The van der Waals surface area contributed by atoms with Crippen molar-refractivity contribution >= 4 is 17.3 Å². The Hall–Kier alpha value is -1.15. The number of aliphatic hydroxyl groups is 1. The van der Waals surface area contributed by atoms with E-state index in [1.54, 1.807) is 18.3 Å². The van der Waals surface area contributed by atoms with Crippen LogP contribution in [0.1, 0.15) is 18.7 Å². The average molecular weight is 340 g/mol. The Labute approximate surface area is 142 Å². The molecule has 2 atom stereocenters. The summed E-state index contributed by atoms with van der Waals surface area (Å²) in [6.07, 6.45) is 0.162. The molecule has 1 aliphatic rings. The highest BCUT2D eigenvalue weighted by molar-refractivity contribution is 7.10. The highest BCUT2D eigenvalue weighted by atomic mass is 32.1. The monoisotopic (exact) mass is 340 g/mol. The van der Waals surface area contributed by atoms with E-state index in [4.69, 9.17) is 4.74 Å². The molecule has 7 heteroatoms. The second-order valence-electron chi connectivity index (χ2n) is 6.08. The van der Waals surface area contributed by atoms with E-state index in [9.17, 15) is 5.11 Å². The van der Waals surface area contributed by atoms with E-state index in [0.717, 1.165) is 31.1 Å². The molecule has 0 bridgehead atoms. The molecule has 2 unspecified atom stereocenters. The lowest BCUT2D eigenvalue weighted by Crippen LogP contribution is -2.48. The molecule has 0 radical (unpaired) electrons. The SMILES string of the molecule is CCNC(=NCC(C)(O)c1cccs1)NCC1CN(C)CCO1. The Kier molecular flexibility index (Phi) is 6.83. The molecule has 2 heterocycles. The minimum atomic E-state index is -0.946. The van der Waals surface area contributed by atoms with Crippen molar-refractivity contribution in [3.63, 3.8) is 0 Å². The molecule has 1 aliphatic heterocycles. The maximum Gasteiger partial charge on any atom is 0.191 e. The summed E-state index contributed by atoms with van der Waals surface area (Å²) in [7, 11) is 2.10. The van der Waals surface area contributed by atoms with E-state index in [1.165, 1.54) is 0 Å². The van der Waals surface area contributed by atoms with Gasteiger partial charge in [0.25, 0.3) is 0 Å². The normalized spacial score (nSPS) is 22.6. The molecule has 0 aromatic carbocycles. The first-order valence-electron chi connectivity index (χ1n) is 8.10. The third-order valence-corrected chi connectivity index (χ3v) is 4.90. The van der Waals surface area contributed by atoms with Gasteiger partial charge >= 0.3 is 0 Å². The first-order valence-corrected chi connectivity index (χ1v) is 8.98. The molecule has 6 nitrogen and oxygen atoms in total. The second-order valence-corrected chi connectivity index (χ2v) is 7.03. The summed E-state index contributed by atoms with van der Waals surface area (Å²) in [5, 5.41) is 19.0. The summed E-state index contributed by atoms with van der Waals surface area (Å²) in [6, 6.07) is 3.88. The van der Waals surface area contributed by atoms with Crippen molar-refractivity contribution in [1.29, 1.82) is 0 Å². The molecule has 23 heavy (non-hydrogen) atoms. The fourth-order valence-electron chi connectivity index (χ4n) is 2.44. The van der Waals surface area contributed by atoms with E-state index < -0.39 is 5.60 Å². The maximum absolute atomic E-state index is 10.6. The number of ether oxygens (including phenoxy) is 1. The van der Waals surface area contributed by atoms with Crippen LogP contribution in [-0.2, 0) is 10.3 Å². The molecule has 1 aromatic rings. The first-order chi connectivity index (χ1) is 11.0. The van der Waals surface area contributed by atoms with Crippen molar-refractivity contribution in [1.82, 2.24) is 15.5 Å². The van der Waals surface area contributed by atoms with Gasteiger partial charge in [-0.1, -0.05) is 6.07 Å². The van der Waals surface area contributed by atoms with Gasteiger partial charge in [-0.05, 0) is 32.3 Å². The van der Waals surface area contributed by atoms with Crippen LogP contribution in [0.2, 0.25) is 0 Å². The average Bonchev–Trinajstić information content (AvgIpc) is 3.05. The van der Waals surface area contributed by atoms with Gasteiger partial charge in [-0.25, -0.2) is 4.99 Å². The standard InChI is InChI=1S/C16H28N4O2S/c1-4-17-15(18-10-13-11-20(3)7-8-22-13)19-12-16(2,21)14-6-5-9-23-14/h5-6,9,13,21H,4,7-8,10-12H2,1-3H3,(H2,17,18,19). The number of hydrogen-bond donors (Lipinski definition) is 3.